The molecule has 0 spiro atoms. The maximum Gasteiger partial charge on any atom is 0.163 e. The fourth-order valence-corrected chi connectivity index (χ4v) is 2.74. The van der Waals surface area contributed by atoms with Crippen molar-refractivity contribution in [3.8, 4) is 5.75 Å². The van der Waals surface area contributed by atoms with Crippen molar-refractivity contribution >= 4 is 5.78 Å². The molecule has 0 bridgehead atoms. The molecule has 3 rings (SSSR count). The molecule has 1 saturated heterocycles. The molecule has 3 nitrogen and oxygen atoms in total. The Morgan fingerprint density at radius 3 is 3.00 bits per heavy atom. The monoisotopic (exact) mass is 246 g/mol. The first kappa shape index (κ1) is 11.7. The molecular weight excluding hydrogens is 228 g/mol. The Hall–Kier alpha value is -1.35. The van der Waals surface area contributed by atoms with Crippen LogP contribution in [0.2, 0.25) is 0 Å². The van der Waals surface area contributed by atoms with Crippen LogP contribution in [0.15, 0.2) is 18.2 Å². The molecule has 96 valence electrons. The SMILES string of the molecule is O=C1CCCc2c(OC3CCCOC3)cccc21. The van der Waals surface area contributed by atoms with Gasteiger partial charge in [0.1, 0.15) is 11.9 Å². The molecule has 0 aromatic heterocycles. The van der Waals surface area contributed by atoms with E-state index in [-0.39, 0.29) is 11.9 Å². The van der Waals surface area contributed by atoms with E-state index in [0.717, 1.165) is 49.2 Å². The number of ether oxygens (including phenoxy) is 2. The average molecular weight is 246 g/mol. The normalized spacial score (nSPS) is 23.6. The molecule has 1 fully saturated rings. The van der Waals surface area contributed by atoms with E-state index in [1.54, 1.807) is 0 Å². The molecule has 1 heterocycles. The number of carbonyl (C=O) groups is 1. The highest BCUT2D eigenvalue weighted by Crippen LogP contribution is 2.30. The fraction of sp³-hybridized carbons (Fsp3) is 0.533. The Kier molecular flexibility index (Phi) is 3.33. The van der Waals surface area contributed by atoms with E-state index in [0.29, 0.717) is 13.0 Å². The third-order valence-corrected chi connectivity index (χ3v) is 3.68. The maximum atomic E-state index is 11.8. The van der Waals surface area contributed by atoms with Crippen LogP contribution in [-0.2, 0) is 11.2 Å². The summed E-state index contributed by atoms with van der Waals surface area (Å²) in [6.45, 7) is 1.50. The highest BCUT2D eigenvalue weighted by Gasteiger charge is 2.22. The number of benzene rings is 1. The highest BCUT2D eigenvalue weighted by atomic mass is 16.5. The predicted molar refractivity (Wildman–Crippen MR) is 68.2 cm³/mol. The zero-order valence-corrected chi connectivity index (χ0v) is 10.5. The second-order valence-electron chi connectivity index (χ2n) is 5.02. The molecule has 0 saturated carbocycles. The van der Waals surface area contributed by atoms with Gasteiger partial charge < -0.3 is 9.47 Å². The molecule has 18 heavy (non-hydrogen) atoms. The third-order valence-electron chi connectivity index (χ3n) is 3.68. The first-order valence-electron chi connectivity index (χ1n) is 6.74. The number of rotatable bonds is 2. The van der Waals surface area contributed by atoms with Crippen LogP contribution in [0.1, 0.15) is 41.6 Å². The van der Waals surface area contributed by atoms with Crippen molar-refractivity contribution in [2.24, 2.45) is 0 Å². The molecule has 1 atom stereocenters. The molecule has 1 unspecified atom stereocenters. The molecule has 0 amide bonds. The minimum absolute atomic E-state index is 0.141. The fourth-order valence-electron chi connectivity index (χ4n) is 2.74. The summed E-state index contributed by atoms with van der Waals surface area (Å²) in [5.74, 6) is 1.14. The number of Topliss-reactive ketones (excluding diaryl/α,β-unsaturated/α-hetero) is 1. The van der Waals surface area contributed by atoms with Gasteiger partial charge in [0.05, 0.1) is 6.61 Å². The lowest BCUT2D eigenvalue weighted by Crippen LogP contribution is -2.28. The summed E-state index contributed by atoms with van der Waals surface area (Å²) in [4.78, 5) is 11.8. The van der Waals surface area contributed by atoms with Gasteiger partial charge in [-0.2, -0.15) is 0 Å². The maximum absolute atomic E-state index is 11.8. The molecule has 3 heteroatoms. The molecule has 1 aromatic carbocycles. The molecule has 0 radical (unpaired) electrons. The lowest BCUT2D eigenvalue weighted by molar-refractivity contribution is 0.00696. The Balaban J connectivity index is 1.83. The number of fused-ring (bicyclic) bond motifs is 1. The quantitative estimate of drug-likeness (QED) is 0.805. The van der Waals surface area contributed by atoms with Gasteiger partial charge in [0.25, 0.3) is 0 Å². The van der Waals surface area contributed by atoms with Gasteiger partial charge >= 0.3 is 0 Å². The molecule has 0 N–H and O–H groups in total. The summed E-state index contributed by atoms with van der Waals surface area (Å²) in [5, 5.41) is 0. The van der Waals surface area contributed by atoms with E-state index in [4.69, 9.17) is 9.47 Å². The first-order valence-corrected chi connectivity index (χ1v) is 6.74. The van der Waals surface area contributed by atoms with Gasteiger partial charge in [-0.1, -0.05) is 12.1 Å². The standard InChI is InChI=1S/C15H18O3/c16-14-7-1-6-13-12(14)5-2-8-15(13)18-11-4-3-9-17-10-11/h2,5,8,11H,1,3-4,6-7,9-10H2. The van der Waals surface area contributed by atoms with Crippen molar-refractivity contribution in [2.75, 3.05) is 13.2 Å². The van der Waals surface area contributed by atoms with Crippen molar-refractivity contribution in [1.29, 1.82) is 0 Å². The lowest BCUT2D eigenvalue weighted by atomic mass is 9.90. The van der Waals surface area contributed by atoms with Gasteiger partial charge in [-0.15, -0.1) is 0 Å². The summed E-state index contributed by atoms with van der Waals surface area (Å²) in [6.07, 6.45) is 4.79. The van der Waals surface area contributed by atoms with E-state index in [1.165, 1.54) is 0 Å². The van der Waals surface area contributed by atoms with Crippen LogP contribution >= 0.6 is 0 Å². The van der Waals surface area contributed by atoms with E-state index >= 15 is 0 Å². The van der Waals surface area contributed by atoms with Gasteiger partial charge in [0, 0.05) is 24.2 Å². The second-order valence-corrected chi connectivity index (χ2v) is 5.02. The highest BCUT2D eigenvalue weighted by molar-refractivity contribution is 5.99. The minimum atomic E-state index is 0.141. The zero-order valence-electron chi connectivity index (χ0n) is 10.5. The van der Waals surface area contributed by atoms with Crippen LogP contribution in [0, 0.1) is 0 Å². The largest absolute Gasteiger partial charge is 0.488 e. The van der Waals surface area contributed by atoms with Crippen molar-refractivity contribution in [3.05, 3.63) is 29.3 Å². The van der Waals surface area contributed by atoms with Crippen molar-refractivity contribution in [1.82, 2.24) is 0 Å². The lowest BCUT2D eigenvalue weighted by Gasteiger charge is -2.26. The molecular formula is C15H18O3. The summed E-state index contributed by atoms with van der Waals surface area (Å²) in [5.41, 5.74) is 1.95. The van der Waals surface area contributed by atoms with Gasteiger partial charge in [0.15, 0.2) is 5.78 Å². The van der Waals surface area contributed by atoms with Gasteiger partial charge in [-0.25, -0.2) is 0 Å². The number of hydrogen-bond donors (Lipinski definition) is 0. The van der Waals surface area contributed by atoms with E-state index in [1.807, 2.05) is 18.2 Å². The van der Waals surface area contributed by atoms with Crippen LogP contribution in [0.3, 0.4) is 0 Å². The topological polar surface area (TPSA) is 35.5 Å². The molecule has 1 aromatic rings. The zero-order chi connectivity index (χ0) is 12.4. The summed E-state index contributed by atoms with van der Waals surface area (Å²) in [6, 6.07) is 5.81. The van der Waals surface area contributed by atoms with Crippen LogP contribution in [-0.4, -0.2) is 25.1 Å². The number of ketones is 1. The summed E-state index contributed by atoms with van der Waals surface area (Å²) >= 11 is 0. The third kappa shape index (κ3) is 2.27. The Morgan fingerprint density at radius 1 is 1.22 bits per heavy atom. The van der Waals surface area contributed by atoms with Crippen molar-refractivity contribution in [2.45, 2.75) is 38.2 Å². The Morgan fingerprint density at radius 2 is 2.17 bits per heavy atom. The number of carbonyl (C=O) groups excluding carboxylic acids is 1. The summed E-state index contributed by atoms with van der Waals surface area (Å²) in [7, 11) is 0. The number of hydrogen-bond acceptors (Lipinski definition) is 3. The molecule has 2 aliphatic rings. The molecule has 1 aliphatic carbocycles. The van der Waals surface area contributed by atoms with E-state index in [2.05, 4.69) is 0 Å². The minimum Gasteiger partial charge on any atom is -0.488 e. The smallest absolute Gasteiger partial charge is 0.163 e. The van der Waals surface area contributed by atoms with E-state index < -0.39 is 0 Å². The van der Waals surface area contributed by atoms with Crippen LogP contribution in [0.25, 0.3) is 0 Å². The molecule has 1 aliphatic heterocycles. The Bertz CT molecular complexity index is 447. The van der Waals surface area contributed by atoms with Gasteiger partial charge in [0.2, 0.25) is 0 Å². The summed E-state index contributed by atoms with van der Waals surface area (Å²) < 4.78 is 11.5. The Labute approximate surface area is 107 Å². The van der Waals surface area contributed by atoms with E-state index in [9.17, 15) is 4.79 Å². The van der Waals surface area contributed by atoms with Gasteiger partial charge in [-0.05, 0) is 31.7 Å². The van der Waals surface area contributed by atoms with Crippen LogP contribution in [0.4, 0.5) is 0 Å². The second kappa shape index (κ2) is 5.11. The average Bonchev–Trinajstić information content (AvgIpc) is 2.41. The van der Waals surface area contributed by atoms with Crippen molar-refractivity contribution < 1.29 is 14.3 Å². The van der Waals surface area contributed by atoms with Crippen LogP contribution < -0.4 is 4.74 Å². The van der Waals surface area contributed by atoms with Crippen molar-refractivity contribution in [3.63, 3.8) is 0 Å². The van der Waals surface area contributed by atoms with Crippen LogP contribution in [0.5, 0.6) is 5.75 Å². The predicted octanol–water partition coefficient (Wildman–Crippen LogP) is 2.76. The van der Waals surface area contributed by atoms with Gasteiger partial charge in [-0.3, -0.25) is 4.79 Å². The first-order chi connectivity index (χ1) is 8.84.